The fourth-order valence-electron chi connectivity index (χ4n) is 2.22. The molecule has 0 unspecified atom stereocenters. The first kappa shape index (κ1) is 14.2. The standard InChI is InChI=1S/C12H12F2N2O4/c13-7-4-8(14)10(16(19)20)9(5-7)15-6-12(11(17)18)2-1-3-12/h4-5,15H,1-3,6H2,(H,17,18). The summed E-state index contributed by atoms with van der Waals surface area (Å²) >= 11 is 0. The predicted octanol–water partition coefficient (Wildman–Crippen LogP) is 2.54. The summed E-state index contributed by atoms with van der Waals surface area (Å²) in [5.41, 5.74) is -2.25. The highest BCUT2D eigenvalue weighted by Gasteiger charge is 2.44. The Bertz CT molecular complexity index is 573. The van der Waals surface area contributed by atoms with E-state index in [4.69, 9.17) is 5.11 Å². The molecule has 0 aromatic heterocycles. The van der Waals surface area contributed by atoms with Gasteiger partial charge in [0.05, 0.1) is 10.3 Å². The molecule has 0 bridgehead atoms. The zero-order chi connectivity index (χ0) is 14.9. The molecule has 2 N–H and O–H groups in total. The first-order chi connectivity index (χ1) is 9.35. The predicted molar refractivity (Wildman–Crippen MR) is 65.4 cm³/mol. The van der Waals surface area contributed by atoms with Crippen molar-refractivity contribution >= 4 is 17.3 Å². The Hall–Kier alpha value is -2.25. The van der Waals surface area contributed by atoms with E-state index in [-0.39, 0.29) is 12.2 Å². The summed E-state index contributed by atoms with van der Waals surface area (Å²) in [4.78, 5) is 21.0. The van der Waals surface area contributed by atoms with Gasteiger partial charge in [-0.3, -0.25) is 14.9 Å². The number of nitrogens with zero attached hydrogens (tertiary/aromatic N) is 1. The minimum absolute atomic E-state index is 0.105. The SMILES string of the molecule is O=C(O)C1(CNc2cc(F)cc(F)c2[N+](=O)[O-])CCC1. The van der Waals surface area contributed by atoms with Gasteiger partial charge in [-0.2, -0.15) is 4.39 Å². The number of aliphatic carboxylic acids is 1. The van der Waals surface area contributed by atoms with Crippen molar-refractivity contribution in [3.05, 3.63) is 33.9 Å². The Morgan fingerprint density at radius 3 is 2.55 bits per heavy atom. The van der Waals surface area contributed by atoms with Crippen molar-refractivity contribution < 1.29 is 23.6 Å². The molecule has 0 amide bonds. The number of halogens is 2. The van der Waals surface area contributed by atoms with Crippen LogP contribution in [0.1, 0.15) is 19.3 Å². The van der Waals surface area contributed by atoms with Crippen molar-refractivity contribution in [1.82, 2.24) is 0 Å². The number of benzene rings is 1. The summed E-state index contributed by atoms with van der Waals surface area (Å²) in [6.45, 7) is -0.105. The van der Waals surface area contributed by atoms with E-state index in [0.717, 1.165) is 12.5 Å². The molecule has 108 valence electrons. The molecule has 1 saturated carbocycles. The lowest BCUT2D eigenvalue weighted by molar-refractivity contribution is -0.386. The Morgan fingerprint density at radius 2 is 2.10 bits per heavy atom. The molecular formula is C12H12F2N2O4. The highest BCUT2D eigenvalue weighted by Crippen LogP contribution is 2.42. The van der Waals surface area contributed by atoms with Gasteiger partial charge in [0.2, 0.25) is 5.82 Å². The largest absolute Gasteiger partial charge is 0.481 e. The Labute approximate surface area is 112 Å². The lowest BCUT2D eigenvalue weighted by atomic mass is 9.69. The fourth-order valence-corrected chi connectivity index (χ4v) is 2.22. The number of hydrogen-bond donors (Lipinski definition) is 2. The van der Waals surface area contributed by atoms with Crippen LogP contribution in [0.25, 0.3) is 0 Å². The Kier molecular flexibility index (Phi) is 3.56. The molecule has 20 heavy (non-hydrogen) atoms. The number of anilines is 1. The molecule has 0 aliphatic heterocycles. The van der Waals surface area contributed by atoms with E-state index in [9.17, 15) is 23.7 Å². The van der Waals surface area contributed by atoms with E-state index < -0.39 is 33.6 Å². The molecule has 1 aliphatic rings. The molecule has 2 rings (SSSR count). The highest BCUT2D eigenvalue weighted by molar-refractivity contribution is 5.77. The third kappa shape index (κ3) is 2.40. The molecule has 1 aromatic carbocycles. The summed E-state index contributed by atoms with van der Waals surface area (Å²) in [6, 6.07) is 1.20. The van der Waals surface area contributed by atoms with Crippen LogP contribution >= 0.6 is 0 Å². The van der Waals surface area contributed by atoms with Gasteiger partial charge in [-0.15, -0.1) is 0 Å². The van der Waals surface area contributed by atoms with E-state index in [1.807, 2.05) is 0 Å². The van der Waals surface area contributed by atoms with E-state index in [1.54, 1.807) is 0 Å². The normalized spacial score (nSPS) is 16.3. The summed E-state index contributed by atoms with van der Waals surface area (Å²) in [7, 11) is 0. The zero-order valence-corrected chi connectivity index (χ0v) is 10.4. The van der Waals surface area contributed by atoms with Gasteiger partial charge < -0.3 is 10.4 Å². The van der Waals surface area contributed by atoms with Crippen LogP contribution in [0.15, 0.2) is 12.1 Å². The molecule has 6 nitrogen and oxygen atoms in total. The molecule has 0 heterocycles. The second-order valence-corrected chi connectivity index (χ2v) is 4.83. The van der Waals surface area contributed by atoms with Crippen LogP contribution in [-0.2, 0) is 4.79 Å². The molecular weight excluding hydrogens is 274 g/mol. The number of rotatable bonds is 5. The van der Waals surface area contributed by atoms with Crippen LogP contribution in [0, 0.1) is 27.2 Å². The Morgan fingerprint density at radius 1 is 1.45 bits per heavy atom. The Balaban J connectivity index is 2.25. The van der Waals surface area contributed by atoms with E-state index >= 15 is 0 Å². The minimum atomic E-state index is -1.30. The van der Waals surface area contributed by atoms with Gasteiger partial charge in [-0.25, -0.2) is 4.39 Å². The fraction of sp³-hybridized carbons (Fsp3) is 0.417. The molecule has 1 fully saturated rings. The van der Waals surface area contributed by atoms with Crippen molar-refractivity contribution in [2.24, 2.45) is 5.41 Å². The maximum Gasteiger partial charge on any atom is 0.327 e. The molecule has 1 aliphatic carbocycles. The van der Waals surface area contributed by atoms with Crippen LogP contribution in [0.2, 0.25) is 0 Å². The summed E-state index contributed by atoms with van der Waals surface area (Å²) < 4.78 is 26.5. The van der Waals surface area contributed by atoms with E-state index in [0.29, 0.717) is 18.9 Å². The highest BCUT2D eigenvalue weighted by atomic mass is 19.1. The maximum absolute atomic E-state index is 13.4. The lowest BCUT2D eigenvalue weighted by Gasteiger charge is -2.37. The van der Waals surface area contributed by atoms with Crippen LogP contribution in [-0.4, -0.2) is 22.5 Å². The topological polar surface area (TPSA) is 92.5 Å². The molecule has 0 radical (unpaired) electrons. The van der Waals surface area contributed by atoms with Gasteiger partial charge in [0.15, 0.2) is 0 Å². The third-order valence-electron chi connectivity index (χ3n) is 3.59. The summed E-state index contributed by atoms with van der Waals surface area (Å²) in [5.74, 6) is -3.28. The smallest absolute Gasteiger partial charge is 0.327 e. The van der Waals surface area contributed by atoms with Gasteiger partial charge in [0.1, 0.15) is 11.5 Å². The number of carboxylic acids is 1. The van der Waals surface area contributed by atoms with Crippen LogP contribution in [0.5, 0.6) is 0 Å². The molecule has 0 saturated heterocycles. The number of carbonyl (C=O) groups is 1. The van der Waals surface area contributed by atoms with Gasteiger partial charge in [-0.05, 0) is 12.8 Å². The second-order valence-electron chi connectivity index (χ2n) is 4.83. The number of carboxylic acid groups (broad SMARTS) is 1. The second kappa shape index (κ2) is 5.03. The monoisotopic (exact) mass is 286 g/mol. The molecule has 0 atom stereocenters. The third-order valence-corrected chi connectivity index (χ3v) is 3.59. The zero-order valence-electron chi connectivity index (χ0n) is 10.4. The number of nitro groups is 1. The molecule has 1 aromatic rings. The van der Waals surface area contributed by atoms with Crippen molar-refractivity contribution in [3.63, 3.8) is 0 Å². The van der Waals surface area contributed by atoms with E-state index in [1.165, 1.54) is 0 Å². The van der Waals surface area contributed by atoms with Crippen molar-refractivity contribution in [1.29, 1.82) is 0 Å². The number of nitro benzene ring substituents is 1. The summed E-state index contributed by atoms with van der Waals surface area (Å²) in [6.07, 6.45) is 1.61. The quantitative estimate of drug-likeness (QED) is 0.641. The van der Waals surface area contributed by atoms with Gasteiger partial charge in [0.25, 0.3) is 0 Å². The average Bonchev–Trinajstić information content (AvgIpc) is 2.25. The van der Waals surface area contributed by atoms with Crippen molar-refractivity contribution in [2.45, 2.75) is 19.3 Å². The van der Waals surface area contributed by atoms with Gasteiger partial charge in [0, 0.05) is 18.7 Å². The number of nitrogens with one attached hydrogen (secondary N) is 1. The summed E-state index contributed by atoms with van der Waals surface area (Å²) in [5, 5.41) is 22.4. The molecule has 8 heteroatoms. The maximum atomic E-state index is 13.4. The lowest BCUT2D eigenvalue weighted by Crippen LogP contribution is -2.43. The average molecular weight is 286 g/mol. The minimum Gasteiger partial charge on any atom is -0.481 e. The van der Waals surface area contributed by atoms with Crippen molar-refractivity contribution in [3.8, 4) is 0 Å². The van der Waals surface area contributed by atoms with E-state index in [2.05, 4.69) is 5.32 Å². The van der Waals surface area contributed by atoms with Gasteiger partial charge in [-0.1, -0.05) is 6.42 Å². The van der Waals surface area contributed by atoms with Crippen LogP contribution in [0.3, 0.4) is 0 Å². The first-order valence-corrected chi connectivity index (χ1v) is 5.96. The van der Waals surface area contributed by atoms with Crippen LogP contribution < -0.4 is 5.32 Å². The van der Waals surface area contributed by atoms with Crippen molar-refractivity contribution in [2.75, 3.05) is 11.9 Å². The number of hydrogen-bond acceptors (Lipinski definition) is 4. The van der Waals surface area contributed by atoms with Gasteiger partial charge >= 0.3 is 11.7 Å². The first-order valence-electron chi connectivity index (χ1n) is 5.96. The van der Waals surface area contributed by atoms with Crippen LogP contribution in [0.4, 0.5) is 20.2 Å². The molecule has 0 spiro atoms.